The predicted octanol–water partition coefficient (Wildman–Crippen LogP) is 2.98. The monoisotopic (exact) mass is 411 g/mol. The molecule has 7 heteroatoms. The first-order valence-corrected chi connectivity index (χ1v) is 10.6. The molecule has 160 valence electrons. The van der Waals surface area contributed by atoms with E-state index in [9.17, 15) is 14.4 Å². The molecule has 0 bridgehead atoms. The number of amides is 2. The number of fused-ring (bicyclic) bond motifs is 4. The fraction of sp³-hybridized carbons (Fsp3) is 0.522. The van der Waals surface area contributed by atoms with E-state index in [0.29, 0.717) is 19.3 Å². The van der Waals surface area contributed by atoms with Gasteiger partial charge in [0.2, 0.25) is 11.8 Å². The number of nitrogens with zero attached hydrogens (tertiary/aromatic N) is 2. The Hall–Kier alpha value is -2.83. The first-order chi connectivity index (χ1) is 14.4. The Morgan fingerprint density at radius 1 is 1.20 bits per heavy atom. The van der Waals surface area contributed by atoms with E-state index in [-0.39, 0.29) is 23.6 Å². The van der Waals surface area contributed by atoms with E-state index in [2.05, 4.69) is 11.9 Å². The second kappa shape index (κ2) is 7.78. The highest BCUT2D eigenvalue weighted by atomic mass is 16.5. The Morgan fingerprint density at radius 2 is 1.97 bits per heavy atom. The number of likely N-dealkylation sites (N-methyl/N-ethyl adjacent to an activating group) is 1. The lowest BCUT2D eigenvalue weighted by molar-refractivity contribution is -0.164. The smallest absolute Gasteiger partial charge is 0.246 e. The van der Waals surface area contributed by atoms with Crippen LogP contribution in [0.5, 0.6) is 5.75 Å². The van der Waals surface area contributed by atoms with Gasteiger partial charge in [-0.15, -0.1) is 0 Å². The number of Topliss-reactive ketones (excluding diaryl/α,β-unsaturated/α-hetero) is 1. The quantitative estimate of drug-likeness (QED) is 0.792. The number of aromatic nitrogens is 1. The molecule has 3 heterocycles. The number of ether oxygens (including phenoxy) is 1. The molecule has 0 saturated carbocycles. The molecule has 2 aliphatic rings. The van der Waals surface area contributed by atoms with Crippen LogP contribution >= 0.6 is 0 Å². The van der Waals surface area contributed by atoms with Crippen molar-refractivity contribution in [3.8, 4) is 5.75 Å². The van der Waals surface area contributed by atoms with Gasteiger partial charge in [-0.2, -0.15) is 0 Å². The predicted molar refractivity (Wildman–Crippen MR) is 113 cm³/mol. The number of ketones is 1. The Bertz CT molecular complexity index is 1010. The average Bonchev–Trinajstić information content (AvgIpc) is 3.09. The Balaban J connectivity index is 1.79. The van der Waals surface area contributed by atoms with Crippen LogP contribution in [0.15, 0.2) is 18.2 Å². The van der Waals surface area contributed by atoms with Crippen LogP contribution in [0.3, 0.4) is 0 Å². The van der Waals surface area contributed by atoms with E-state index in [4.69, 9.17) is 4.74 Å². The molecule has 30 heavy (non-hydrogen) atoms. The number of aromatic amines is 1. The summed E-state index contributed by atoms with van der Waals surface area (Å²) in [6.07, 6.45) is 2.82. The van der Waals surface area contributed by atoms with Gasteiger partial charge in [0.15, 0.2) is 0 Å². The number of nitrogens with one attached hydrogen (secondary N) is 1. The van der Waals surface area contributed by atoms with Crippen molar-refractivity contribution in [2.45, 2.75) is 64.1 Å². The van der Waals surface area contributed by atoms with Crippen molar-refractivity contribution in [2.24, 2.45) is 0 Å². The second-order valence-corrected chi connectivity index (χ2v) is 8.40. The first kappa shape index (κ1) is 20.4. The molecule has 2 aromatic rings. The van der Waals surface area contributed by atoms with Gasteiger partial charge in [0.05, 0.1) is 13.2 Å². The fourth-order valence-corrected chi connectivity index (χ4v) is 4.99. The summed E-state index contributed by atoms with van der Waals surface area (Å²) in [4.78, 5) is 45.2. The lowest BCUT2D eigenvalue weighted by atomic mass is 9.85. The van der Waals surface area contributed by atoms with Crippen molar-refractivity contribution in [3.05, 3.63) is 29.5 Å². The molecule has 2 amide bonds. The zero-order chi connectivity index (χ0) is 21.6. The van der Waals surface area contributed by atoms with Crippen molar-refractivity contribution in [2.75, 3.05) is 14.2 Å². The molecule has 1 saturated heterocycles. The summed E-state index contributed by atoms with van der Waals surface area (Å²) in [5, 5.41) is 1.08. The zero-order valence-electron chi connectivity index (χ0n) is 18.0. The molecule has 1 aromatic carbocycles. The Labute approximate surface area is 176 Å². The van der Waals surface area contributed by atoms with Gasteiger partial charge in [0.25, 0.3) is 0 Å². The molecule has 0 aliphatic carbocycles. The molecule has 7 nitrogen and oxygen atoms in total. The first-order valence-electron chi connectivity index (χ1n) is 10.6. The normalized spacial score (nSPS) is 23.5. The average molecular weight is 412 g/mol. The molecular formula is C23H29N3O4. The minimum absolute atomic E-state index is 0.0291. The van der Waals surface area contributed by atoms with Gasteiger partial charge >= 0.3 is 0 Å². The SMILES string of the molecule is CCC[C@H]1c2[nH]c3cc(OC)ccc3c2C[C@H]2C(=O)N(C)[C@@H](CCC(C)=O)C(=O)N21. The van der Waals surface area contributed by atoms with Gasteiger partial charge in [-0.3, -0.25) is 9.59 Å². The Kier molecular flexibility index (Phi) is 5.30. The van der Waals surface area contributed by atoms with Crippen molar-refractivity contribution < 1.29 is 19.1 Å². The maximum absolute atomic E-state index is 13.5. The molecule has 0 spiro atoms. The molecule has 0 unspecified atom stereocenters. The third kappa shape index (κ3) is 3.16. The number of methoxy groups -OCH3 is 1. The number of hydrogen-bond acceptors (Lipinski definition) is 4. The number of hydrogen-bond donors (Lipinski definition) is 1. The van der Waals surface area contributed by atoms with Gasteiger partial charge in [-0.1, -0.05) is 13.3 Å². The molecule has 1 fully saturated rings. The number of carbonyl (C=O) groups excluding carboxylic acids is 3. The number of H-pyrrole nitrogens is 1. The topological polar surface area (TPSA) is 82.7 Å². The van der Waals surface area contributed by atoms with Crippen LogP contribution < -0.4 is 4.74 Å². The van der Waals surface area contributed by atoms with E-state index in [0.717, 1.165) is 40.8 Å². The highest BCUT2D eigenvalue weighted by molar-refractivity contribution is 5.99. The molecule has 0 radical (unpaired) electrons. The number of piperazine rings is 1. The minimum Gasteiger partial charge on any atom is -0.497 e. The molecular weight excluding hydrogens is 382 g/mol. The van der Waals surface area contributed by atoms with Crippen LogP contribution in [-0.4, -0.2) is 58.6 Å². The van der Waals surface area contributed by atoms with Crippen LogP contribution in [-0.2, 0) is 20.8 Å². The summed E-state index contributed by atoms with van der Waals surface area (Å²) >= 11 is 0. The highest BCUT2D eigenvalue weighted by Gasteiger charge is 2.50. The van der Waals surface area contributed by atoms with Gasteiger partial charge in [0, 0.05) is 42.6 Å². The third-order valence-electron chi connectivity index (χ3n) is 6.52. The van der Waals surface area contributed by atoms with Gasteiger partial charge in [-0.25, -0.2) is 0 Å². The number of carbonyl (C=O) groups is 3. The van der Waals surface area contributed by atoms with Crippen LogP contribution in [0.2, 0.25) is 0 Å². The summed E-state index contributed by atoms with van der Waals surface area (Å²) < 4.78 is 5.36. The molecule has 1 N–H and O–H groups in total. The van der Waals surface area contributed by atoms with E-state index < -0.39 is 12.1 Å². The van der Waals surface area contributed by atoms with E-state index in [1.165, 1.54) is 6.92 Å². The molecule has 2 aliphatic heterocycles. The largest absolute Gasteiger partial charge is 0.497 e. The maximum Gasteiger partial charge on any atom is 0.246 e. The summed E-state index contributed by atoms with van der Waals surface area (Å²) in [6.45, 7) is 3.61. The molecule has 4 rings (SSSR count). The summed E-state index contributed by atoms with van der Waals surface area (Å²) in [5.41, 5.74) is 3.10. The summed E-state index contributed by atoms with van der Waals surface area (Å²) in [5.74, 6) is 0.699. The van der Waals surface area contributed by atoms with Crippen molar-refractivity contribution in [3.63, 3.8) is 0 Å². The van der Waals surface area contributed by atoms with E-state index in [1.807, 2.05) is 18.2 Å². The third-order valence-corrected chi connectivity index (χ3v) is 6.52. The maximum atomic E-state index is 13.5. The zero-order valence-corrected chi connectivity index (χ0v) is 18.0. The van der Waals surface area contributed by atoms with Gasteiger partial charge in [0.1, 0.15) is 23.6 Å². The van der Waals surface area contributed by atoms with E-state index in [1.54, 1.807) is 24.0 Å². The molecule has 1 aromatic heterocycles. The second-order valence-electron chi connectivity index (χ2n) is 8.40. The molecule has 3 atom stereocenters. The highest BCUT2D eigenvalue weighted by Crippen LogP contribution is 2.42. The summed E-state index contributed by atoms with van der Waals surface area (Å²) in [6, 6.07) is 4.66. The van der Waals surface area contributed by atoms with Crippen LogP contribution in [0.1, 0.15) is 56.8 Å². The minimum atomic E-state index is -0.581. The van der Waals surface area contributed by atoms with Crippen molar-refractivity contribution in [1.29, 1.82) is 0 Å². The Morgan fingerprint density at radius 3 is 2.63 bits per heavy atom. The lowest BCUT2D eigenvalue weighted by Crippen LogP contribution is -2.66. The van der Waals surface area contributed by atoms with E-state index >= 15 is 0 Å². The van der Waals surface area contributed by atoms with Crippen LogP contribution in [0.25, 0.3) is 10.9 Å². The lowest BCUT2D eigenvalue weighted by Gasteiger charge is -2.49. The van der Waals surface area contributed by atoms with Crippen LogP contribution in [0.4, 0.5) is 0 Å². The standard InChI is InChI=1S/C23H29N3O4/c1-5-6-18-21-16(15-9-8-14(30-4)11-17(15)24-21)12-20-22(28)25(3)19(10-7-13(2)27)23(29)26(18)20/h8-9,11,18-20,24H,5-7,10,12H2,1-4H3/t18-,19-,20-/m0/s1. The van der Waals surface area contributed by atoms with Crippen molar-refractivity contribution >= 4 is 28.5 Å². The van der Waals surface area contributed by atoms with Crippen LogP contribution in [0, 0.1) is 0 Å². The number of benzene rings is 1. The fourth-order valence-electron chi connectivity index (χ4n) is 4.99. The van der Waals surface area contributed by atoms with Crippen molar-refractivity contribution in [1.82, 2.24) is 14.8 Å². The number of rotatable bonds is 6. The van der Waals surface area contributed by atoms with Gasteiger partial charge < -0.3 is 24.3 Å². The summed E-state index contributed by atoms with van der Waals surface area (Å²) in [7, 11) is 3.32. The van der Waals surface area contributed by atoms with Gasteiger partial charge in [-0.05, 0) is 37.5 Å².